The molecule has 19 heavy (non-hydrogen) atoms. The molecule has 0 spiro atoms. The highest BCUT2D eigenvalue weighted by molar-refractivity contribution is 6.32. The molecule has 0 radical (unpaired) electrons. The van der Waals surface area contributed by atoms with Crippen molar-refractivity contribution in [3.05, 3.63) is 46.7 Å². The molecule has 1 heterocycles. The van der Waals surface area contributed by atoms with Gasteiger partial charge in [-0.25, -0.2) is 0 Å². The molecule has 1 aromatic heterocycles. The van der Waals surface area contributed by atoms with Crippen LogP contribution in [0, 0.1) is 0 Å². The molecular formula is C14H16Cl2N2O. The van der Waals surface area contributed by atoms with Gasteiger partial charge in [-0.1, -0.05) is 17.7 Å². The maximum Gasteiger partial charge on any atom is 0.138 e. The van der Waals surface area contributed by atoms with Crippen LogP contribution in [0.25, 0.3) is 0 Å². The van der Waals surface area contributed by atoms with Gasteiger partial charge in [-0.3, -0.25) is 4.68 Å². The monoisotopic (exact) mass is 298 g/mol. The molecule has 0 N–H and O–H groups in total. The van der Waals surface area contributed by atoms with E-state index in [2.05, 4.69) is 18.9 Å². The normalized spacial score (nSPS) is 11.0. The summed E-state index contributed by atoms with van der Waals surface area (Å²) < 4.78 is 7.56. The molecule has 0 unspecified atom stereocenters. The molecule has 5 heteroatoms. The molecule has 0 fully saturated rings. The van der Waals surface area contributed by atoms with Crippen LogP contribution in [-0.2, 0) is 12.5 Å². The van der Waals surface area contributed by atoms with Gasteiger partial charge < -0.3 is 4.74 Å². The molecule has 0 amide bonds. The van der Waals surface area contributed by atoms with E-state index in [-0.39, 0.29) is 0 Å². The Balaban J connectivity index is 2.01. The van der Waals surface area contributed by atoms with E-state index in [1.807, 2.05) is 35.1 Å². The Hall–Kier alpha value is -1.19. The number of alkyl halides is 1. The summed E-state index contributed by atoms with van der Waals surface area (Å²) in [5, 5.41) is 4.99. The largest absolute Gasteiger partial charge is 0.486 e. The molecule has 0 saturated carbocycles. The Morgan fingerprint density at radius 2 is 2.11 bits per heavy atom. The summed E-state index contributed by atoms with van der Waals surface area (Å²) in [5.74, 6) is 1.09. The van der Waals surface area contributed by atoms with E-state index >= 15 is 0 Å². The van der Waals surface area contributed by atoms with Crippen molar-refractivity contribution in [2.45, 2.75) is 32.4 Å². The van der Waals surface area contributed by atoms with E-state index in [0.717, 1.165) is 11.3 Å². The van der Waals surface area contributed by atoms with Gasteiger partial charge in [0.15, 0.2) is 0 Å². The van der Waals surface area contributed by atoms with Gasteiger partial charge >= 0.3 is 0 Å². The first-order valence-electron chi connectivity index (χ1n) is 6.11. The van der Waals surface area contributed by atoms with Gasteiger partial charge in [-0.05, 0) is 37.6 Å². The summed E-state index contributed by atoms with van der Waals surface area (Å²) in [5.41, 5.74) is 1.86. The van der Waals surface area contributed by atoms with Crippen LogP contribution in [0.5, 0.6) is 5.75 Å². The van der Waals surface area contributed by atoms with Crippen LogP contribution in [-0.4, -0.2) is 9.78 Å². The predicted octanol–water partition coefficient (Wildman–Crippen LogP) is 4.44. The van der Waals surface area contributed by atoms with E-state index in [9.17, 15) is 0 Å². The number of nitrogens with zero attached hydrogens (tertiary/aromatic N) is 2. The van der Waals surface area contributed by atoms with Crippen LogP contribution in [0.4, 0.5) is 0 Å². The molecule has 2 rings (SSSR count). The molecule has 0 aliphatic carbocycles. The van der Waals surface area contributed by atoms with Crippen molar-refractivity contribution in [1.82, 2.24) is 9.78 Å². The van der Waals surface area contributed by atoms with Gasteiger partial charge in [0.2, 0.25) is 0 Å². The second kappa shape index (κ2) is 6.31. The van der Waals surface area contributed by atoms with Gasteiger partial charge in [0.25, 0.3) is 0 Å². The molecular weight excluding hydrogens is 283 g/mol. The Kier molecular flexibility index (Phi) is 4.72. The third kappa shape index (κ3) is 3.64. The summed E-state index contributed by atoms with van der Waals surface area (Å²) in [7, 11) is 0. The lowest BCUT2D eigenvalue weighted by molar-refractivity contribution is 0.299. The van der Waals surface area contributed by atoms with Crippen molar-refractivity contribution in [3.8, 4) is 5.75 Å². The van der Waals surface area contributed by atoms with Gasteiger partial charge in [-0.15, -0.1) is 11.6 Å². The zero-order valence-electron chi connectivity index (χ0n) is 10.9. The maximum absolute atomic E-state index is 6.12. The Morgan fingerprint density at radius 1 is 1.32 bits per heavy atom. The van der Waals surface area contributed by atoms with E-state index in [0.29, 0.717) is 29.3 Å². The van der Waals surface area contributed by atoms with Crippen LogP contribution in [0.3, 0.4) is 0 Å². The first-order valence-corrected chi connectivity index (χ1v) is 7.02. The van der Waals surface area contributed by atoms with Gasteiger partial charge in [0.05, 0.1) is 10.7 Å². The van der Waals surface area contributed by atoms with Crippen molar-refractivity contribution >= 4 is 23.2 Å². The highest BCUT2D eigenvalue weighted by atomic mass is 35.5. The van der Waals surface area contributed by atoms with Crippen molar-refractivity contribution in [2.75, 3.05) is 0 Å². The van der Waals surface area contributed by atoms with Crippen LogP contribution >= 0.6 is 23.2 Å². The second-order valence-corrected chi connectivity index (χ2v) is 5.24. The number of halogens is 2. The molecule has 102 valence electrons. The number of hydrogen-bond acceptors (Lipinski definition) is 2. The van der Waals surface area contributed by atoms with Gasteiger partial charge in [-0.2, -0.15) is 5.10 Å². The number of aromatic nitrogens is 2. The highest BCUT2D eigenvalue weighted by Gasteiger charge is 2.06. The molecule has 1 aromatic carbocycles. The fourth-order valence-electron chi connectivity index (χ4n) is 1.64. The molecule has 3 nitrogen and oxygen atoms in total. The molecule has 0 atom stereocenters. The lowest BCUT2D eigenvalue weighted by Gasteiger charge is -2.08. The Labute approximate surface area is 123 Å². The van der Waals surface area contributed by atoms with Gasteiger partial charge in [0, 0.05) is 18.1 Å². The zero-order valence-corrected chi connectivity index (χ0v) is 12.4. The smallest absolute Gasteiger partial charge is 0.138 e. The summed E-state index contributed by atoms with van der Waals surface area (Å²) in [4.78, 5) is 0. The number of hydrogen-bond donors (Lipinski definition) is 0. The average Bonchev–Trinajstić information content (AvgIpc) is 2.86. The number of ether oxygens (including phenoxy) is 1. The first-order chi connectivity index (χ1) is 9.10. The number of rotatable bonds is 5. The lowest BCUT2D eigenvalue weighted by Crippen LogP contribution is -2.03. The van der Waals surface area contributed by atoms with Crippen LogP contribution in [0.15, 0.2) is 30.5 Å². The minimum atomic E-state index is 0.348. The summed E-state index contributed by atoms with van der Waals surface area (Å²) >= 11 is 11.9. The standard InChI is InChI=1S/C14H16Cl2N2O/c1-10(2)18-6-5-12(17-18)9-19-14-4-3-11(8-15)7-13(14)16/h3-7,10H,8-9H2,1-2H3. The van der Waals surface area contributed by atoms with Crippen molar-refractivity contribution in [1.29, 1.82) is 0 Å². The molecule has 0 bridgehead atoms. The van der Waals surface area contributed by atoms with Crippen LogP contribution in [0.1, 0.15) is 31.1 Å². The summed E-state index contributed by atoms with van der Waals surface area (Å²) in [6, 6.07) is 7.85. The van der Waals surface area contributed by atoms with Gasteiger partial charge in [0.1, 0.15) is 12.4 Å². The topological polar surface area (TPSA) is 27.1 Å². The van der Waals surface area contributed by atoms with Crippen molar-refractivity contribution < 1.29 is 4.74 Å². The van der Waals surface area contributed by atoms with E-state index in [1.165, 1.54) is 0 Å². The Morgan fingerprint density at radius 3 is 2.68 bits per heavy atom. The van der Waals surface area contributed by atoms with Crippen LogP contribution < -0.4 is 4.74 Å². The summed E-state index contributed by atoms with van der Waals surface area (Å²) in [6.07, 6.45) is 1.95. The zero-order chi connectivity index (χ0) is 13.8. The average molecular weight is 299 g/mol. The minimum Gasteiger partial charge on any atom is -0.486 e. The van der Waals surface area contributed by atoms with E-state index in [1.54, 1.807) is 0 Å². The highest BCUT2D eigenvalue weighted by Crippen LogP contribution is 2.26. The quantitative estimate of drug-likeness (QED) is 0.763. The summed E-state index contributed by atoms with van der Waals surface area (Å²) in [6.45, 7) is 4.57. The molecule has 0 saturated heterocycles. The van der Waals surface area contributed by atoms with E-state index in [4.69, 9.17) is 27.9 Å². The second-order valence-electron chi connectivity index (χ2n) is 4.57. The Bertz CT molecular complexity index is 552. The fraction of sp³-hybridized carbons (Fsp3) is 0.357. The van der Waals surface area contributed by atoms with Crippen molar-refractivity contribution in [2.24, 2.45) is 0 Å². The van der Waals surface area contributed by atoms with E-state index < -0.39 is 0 Å². The fourth-order valence-corrected chi connectivity index (χ4v) is 2.06. The van der Waals surface area contributed by atoms with Crippen LogP contribution in [0.2, 0.25) is 5.02 Å². The number of benzene rings is 1. The lowest BCUT2D eigenvalue weighted by atomic mass is 10.2. The molecule has 2 aromatic rings. The molecule has 0 aliphatic heterocycles. The first kappa shape index (κ1) is 14.2. The SMILES string of the molecule is CC(C)n1ccc(COc2ccc(CCl)cc2Cl)n1. The maximum atomic E-state index is 6.12. The minimum absolute atomic E-state index is 0.348. The third-order valence-electron chi connectivity index (χ3n) is 2.72. The predicted molar refractivity (Wildman–Crippen MR) is 78.0 cm³/mol. The third-order valence-corrected chi connectivity index (χ3v) is 3.32. The van der Waals surface area contributed by atoms with Crippen molar-refractivity contribution in [3.63, 3.8) is 0 Å². The molecule has 0 aliphatic rings.